The standard InChI is InChI=1S/C15H7BrF2O2/c16-13-10(17)5-7(6-11(13)18)12-14(19)8-3-1-2-4-9(8)15(12)20/h1-6,12H. The molecular weight excluding hydrogens is 330 g/mol. The van der Waals surface area contributed by atoms with Crippen LogP contribution in [0.5, 0.6) is 0 Å². The zero-order chi connectivity index (χ0) is 14.4. The number of hydrogen-bond donors (Lipinski definition) is 0. The number of hydrogen-bond acceptors (Lipinski definition) is 2. The zero-order valence-corrected chi connectivity index (χ0v) is 11.6. The first kappa shape index (κ1) is 13.1. The summed E-state index contributed by atoms with van der Waals surface area (Å²) in [5.41, 5.74) is 0.631. The highest BCUT2D eigenvalue weighted by molar-refractivity contribution is 9.10. The van der Waals surface area contributed by atoms with E-state index in [4.69, 9.17) is 0 Å². The van der Waals surface area contributed by atoms with Crippen molar-refractivity contribution < 1.29 is 18.4 Å². The second-order valence-electron chi connectivity index (χ2n) is 4.51. The lowest BCUT2D eigenvalue weighted by Gasteiger charge is -2.09. The summed E-state index contributed by atoms with van der Waals surface area (Å²) in [7, 11) is 0. The summed E-state index contributed by atoms with van der Waals surface area (Å²) in [4.78, 5) is 24.5. The average Bonchev–Trinajstić information content (AvgIpc) is 2.68. The fourth-order valence-corrected chi connectivity index (χ4v) is 2.62. The van der Waals surface area contributed by atoms with E-state index in [0.29, 0.717) is 11.1 Å². The molecule has 20 heavy (non-hydrogen) atoms. The molecule has 0 N–H and O–H groups in total. The van der Waals surface area contributed by atoms with Crippen molar-refractivity contribution in [2.75, 3.05) is 0 Å². The minimum absolute atomic E-state index is 0.0365. The monoisotopic (exact) mass is 336 g/mol. The van der Waals surface area contributed by atoms with Crippen LogP contribution in [0.2, 0.25) is 0 Å². The van der Waals surface area contributed by atoms with Crippen molar-refractivity contribution in [2.45, 2.75) is 5.92 Å². The fraction of sp³-hybridized carbons (Fsp3) is 0.0667. The Kier molecular flexibility index (Phi) is 3.01. The topological polar surface area (TPSA) is 34.1 Å². The van der Waals surface area contributed by atoms with Crippen molar-refractivity contribution in [3.05, 3.63) is 69.2 Å². The molecule has 2 aromatic carbocycles. The van der Waals surface area contributed by atoms with Crippen LogP contribution in [0.3, 0.4) is 0 Å². The summed E-state index contributed by atoms with van der Waals surface area (Å²) in [6.45, 7) is 0. The Morgan fingerprint density at radius 3 is 1.80 bits per heavy atom. The normalized spacial score (nSPS) is 14.8. The summed E-state index contributed by atoms with van der Waals surface area (Å²) < 4.78 is 26.8. The fourth-order valence-electron chi connectivity index (χ4n) is 2.39. The lowest BCUT2D eigenvalue weighted by Crippen LogP contribution is -2.13. The van der Waals surface area contributed by atoms with E-state index in [0.717, 1.165) is 12.1 Å². The Bertz CT molecular complexity index is 697. The third-order valence-electron chi connectivity index (χ3n) is 3.32. The van der Waals surface area contributed by atoms with Crippen LogP contribution in [0.25, 0.3) is 0 Å². The quantitative estimate of drug-likeness (QED) is 0.584. The Labute approximate surface area is 121 Å². The van der Waals surface area contributed by atoms with Crippen molar-refractivity contribution in [1.82, 2.24) is 0 Å². The number of ketones is 2. The molecule has 0 atom stereocenters. The maximum atomic E-state index is 13.6. The van der Waals surface area contributed by atoms with Gasteiger partial charge in [-0.05, 0) is 33.6 Å². The molecule has 2 aromatic rings. The highest BCUT2D eigenvalue weighted by Gasteiger charge is 2.39. The predicted octanol–water partition coefficient (Wildman–Crippen LogP) is 3.89. The van der Waals surface area contributed by atoms with E-state index in [1.807, 2.05) is 0 Å². The summed E-state index contributed by atoms with van der Waals surface area (Å²) in [6, 6.07) is 8.41. The van der Waals surface area contributed by atoms with Gasteiger partial charge in [-0.1, -0.05) is 24.3 Å². The van der Waals surface area contributed by atoms with Crippen LogP contribution in [0.15, 0.2) is 40.9 Å². The largest absolute Gasteiger partial charge is 0.293 e. The van der Waals surface area contributed by atoms with Gasteiger partial charge in [0.05, 0.1) is 4.47 Å². The number of carbonyl (C=O) groups excluding carboxylic acids is 2. The van der Waals surface area contributed by atoms with Crippen molar-refractivity contribution >= 4 is 27.5 Å². The third-order valence-corrected chi connectivity index (χ3v) is 4.08. The molecule has 0 fully saturated rings. The van der Waals surface area contributed by atoms with Crippen LogP contribution < -0.4 is 0 Å². The molecule has 2 nitrogen and oxygen atoms in total. The summed E-state index contributed by atoms with van der Waals surface area (Å²) in [6.07, 6.45) is 0. The van der Waals surface area contributed by atoms with Crippen molar-refractivity contribution in [3.8, 4) is 0 Å². The molecule has 5 heteroatoms. The van der Waals surface area contributed by atoms with E-state index >= 15 is 0 Å². The molecule has 0 unspecified atom stereocenters. The molecule has 0 bridgehead atoms. The van der Waals surface area contributed by atoms with Gasteiger partial charge < -0.3 is 0 Å². The van der Waals surface area contributed by atoms with Gasteiger partial charge in [0, 0.05) is 11.1 Å². The lowest BCUT2D eigenvalue weighted by atomic mass is 9.94. The van der Waals surface area contributed by atoms with E-state index < -0.39 is 29.1 Å². The maximum absolute atomic E-state index is 13.6. The SMILES string of the molecule is O=C1c2ccccc2C(=O)C1c1cc(F)c(Br)c(F)c1. The van der Waals surface area contributed by atoms with Crippen LogP contribution in [0.1, 0.15) is 32.2 Å². The van der Waals surface area contributed by atoms with Crippen LogP contribution in [-0.4, -0.2) is 11.6 Å². The Hall–Kier alpha value is -1.88. The molecule has 0 heterocycles. The van der Waals surface area contributed by atoms with Crippen molar-refractivity contribution in [1.29, 1.82) is 0 Å². The second-order valence-corrected chi connectivity index (χ2v) is 5.30. The highest BCUT2D eigenvalue weighted by atomic mass is 79.9. The summed E-state index contributed by atoms with van der Waals surface area (Å²) in [5.74, 6) is -3.68. The number of halogens is 3. The molecule has 1 aliphatic rings. The highest BCUT2D eigenvalue weighted by Crippen LogP contribution is 2.35. The van der Waals surface area contributed by atoms with Crippen LogP contribution in [0.4, 0.5) is 8.78 Å². The summed E-state index contributed by atoms with van der Waals surface area (Å²) >= 11 is 2.76. The van der Waals surface area contributed by atoms with E-state index in [2.05, 4.69) is 15.9 Å². The van der Waals surface area contributed by atoms with Gasteiger partial charge >= 0.3 is 0 Å². The Morgan fingerprint density at radius 1 is 0.900 bits per heavy atom. The first-order valence-electron chi connectivity index (χ1n) is 5.82. The maximum Gasteiger partial charge on any atom is 0.178 e. The van der Waals surface area contributed by atoms with Crippen LogP contribution >= 0.6 is 15.9 Å². The predicted molar refractivity (Wildman–Crippen MR) is 71.9 cm³/mol. The van der Waals surface area contributed by atoms with Crippen LogP contribution in [0, 0.1) is 11.6 Å². The van der Waals surface area contributed by atoms with Gasteiger partial charge in [0.25, 0.3) is 0 Å². The summed E-state index contributed by atoms with van der Waals surface area (Å²) in [5, 5.41) is 0. The van der Waals surface area contributed by atoms with Crippen LogP contribution in [-0.2, 0) is 0 Å². The minimum atomic E-state index is -1.16. The average molecular weight is 337 g/mol. The van der Waals surface area contributed by atoms with Crippen molar-refractivity contribution in [2.24, 2.45) is 0 Å². The molecule has 3 rings (SSSR count). The minimum Gasteiger partial charge on any atom is -0.293 e. The van der Waals surface area contributed by atoms with Gasteiger partial charge in [-0.15, -0.1) is 0 Å². The number of fused-ring (bicyclic) bond motifs is 1. The molecule has 0 radical (unpaired) electrons. The van der Waals surface area contributed by atoms with Gasteiger partial charge in [0.1, 0.15) is 17.6 Å². The van der Waals surface area contributed by atoms with E-state index in [1.54, 1.807) is 24.3 Å². The Morgan fingerprint density at radius 2 is 1.35 bits per heavy atom. The van der Waals surface area contributed by atoms with Gasteiger partial charge in [0.2, 0.25) is 0 Å². The Balaban J connectivity index is 2.14. The molecule has 1 aliphatic carbocycles. The third kappa shape index (κ3) is 1.81. The number of carbonyl (C=O) groups is 2. The van der Waals surface area contributed by atoms with Crippen molar-refractivity contribution in [3.63, 3.8) is 0 Å². The first-order chi connectivity index (χ1) is 9.50. The molecule has 0 saturated heterocycles. The first-order valence-corrected chi connectivity index (χ1v) is 6.62. The second kappa shape index (κ2) is 4.59. The van der Waals surface area contributed by atoms with Gasteiger partial charge in [-0.25, -0.2) is 8.78 Å². The smallest absolute Gasteiger partial charge is 0.178 e. The molecule has 100 valence electrons. The number of Topliss-reactive ketones (excluding diaryl/α,β-unsaturated/α-hetero) is 2. The molecule has 0 aromatic heterocycles. The molecular formula is C15H7BrF2O2. The van der Waals surface area contributed by atoms with Gasteiger partial charge in [-0.2, -0.15) is 0 Å². The molecule has 0 aliphatic heterocycles. The number of benzene rings is 2. The van der Waals surface area contributed by atoms with Gasteiger partial charge in [-0.3, -0.25) is 9.59 Å². The molecule has 0 saturated carbocycles. The molecule has 0 amide bonds. The lowest BCUT2D eigenvalue weighted by molar-refractivity contribution is 0.0890. The zero-order valence-electron chi connectivity index (χ0n) is 9.99. The van der Waals surface area contributed by atoms with E-state index in [-0.39, 0.29) is 10.0 Å². The van der Waals surface area contributed by atoms with E-state index in [9.17, 15) is 18.4 Å². The molecule has 0 spiro atoms. The number of rotatable bonds is 1. The van der Waals surface area contributed by atoms with Gasteiger partial charge in [0.15, 0.2) is 11.6 Å². The van der Waals surface area contributed by atoms with E-state index in [1.165, 1.54) is 0 Å².